The van der Waals surface area contributed by atoms with E-state index in [0.717, 1.165) is 0 Å². The fourth-order valence-corrected chi connectivity index (χ4v) is 2.37. The number of rotatable bonds is 6. The molecule has 1 aromatic rings. The molecule has 0 saturated carbocycles. The molecule has 0 bridgehead atoms. The predicted octanol–water partition coefficient (Wildman–Crippen LogP) is 1.53. The van der Waals surface area contributed by atoms with Crippen molar-refractivity contribution in [3.05, 3.63) is 35.4 Å². The Morgan fingerprint density at radius 2 is 1.59 bits per heavy atom. The number of hydrogen-bond donors (Lipinski definition) is 3. The molecule has 0 aliphatic rings. The largest absolute Gasteiger partial charge is 0.341 e. The van der Waals surface area contributed by atoms with Crippen LogP contribution in [-0.2, 0) is 4.79 Å². The summed E-state index contributed by atoms with van der Waals surface area (Å²) in [5.74, 6) is 0.607. The molecule has 4 N–H and O–H groups in total. The summed E-state index contributed by atoms with van der Waals surface area (Å²) in [6.07, 6.45) is 0. The first-order valence-electron chi connectivity index (χ1n) is 7.79. The van der Waals surface area contributed by atoms with E-state index in [-0.39, 0.29) is 18.5 Å². The fourth-order valence-electron chi connectivity index (χ4n) is 2.37. The molecule has 0 aliphatic carbocycles. The molecule has 0 aliphatic heterocycles. The standard InChI is InChI=1S/C17H27N3O2/c1-11(2)13-6-8-14(9-7-13)16(12(3)4)19-10-15(21)20-17(22)18-5/h6-9,11-12,16,19H,10H2,1-5H3,(H2,18,20,21,22)/p+1/t16-/m0/s1. The Hall–Kier alpha value is -1.88. The van der Waals surface area contributed by atoms with Gasteiger partial charge in [-0.05, 0) is 11.5 Å². The minimum atomic E-state index is -0.471. The topological polar surface area (TPSA) is 74.8 Å². The number of carbonyl (C=O) groups excluding carboxylic acids is 2. The van der Waals surface area contributed by atoms with Crippen molar-refractivity contribution in [3.63, 3.8) is 0 Å². The maximum absolute atomic E-state index is 11.7. The highest BCUT2D eigenvalue weighted by atomic mass is 16.2. The van der Waals surface area contributed by atoms with Crippen molar-refractivity contribution in [2.75, 3.05) is 13.6 Å². The van der Waals surface area contributed by atoms with E-state index >= 15 is 0 Å². The zero-order valence-corrected chi connectivity index (χ0v) is 14.1. The predicted molar refractivity (Wildman–Crippen MR) is 87.5 cm³/mol. The van der Waals surface area contributed by atoms with Gasteiger partial charge in [-0.1, -0.05) is 52.0 Å². The highest BCUT2D eigenvalue weighted by molar-refractivity contribution is 5.94. The van der Waals surface area contributed by atoms with E-state index in [1.807, 2.05) is 5.32 Å². The quantitative estimate of drug-likeness (QED) is 0.745. The van der Waals surface area contributed by atoms with Gasteiger partial charge in [-0.3, -0.25) is 10.1 Å². The maximum Gasteiger partial charge on any atom is 0.321 e. The van der Waals surface area contributed by atoms with Gasteiger partial charge in [0.25, 0.3) is 5.91 Å². The van der Waals surface area contributed by atoms with Crippen LogP contribution in [0.15, 0.2) is 24.3 Å². The number of quaternary nitrogens is 1. The van der Waals surface area contributed by atoms with E-state index in [0.29, 0.717) is 11.8 Å². The van der Waals surface area contributed by atoms with Crippen molar-refractivity contribution in [2.24, 2.45) is 5.92 Å². The summed E-state index contributed by atoms with van der Waals surface area (Å²) in [4.78, 5) is 22.8. The summed E-state index contributed by atoms with van der Waals surface area (Å²) in [7, 11) is 1.49. The van der Waals surface area contributed by atoms with Crippen LogP contribution in [0.3, 0.4) is 0 Å². The smallest absolute Gasteiger partial charge is 0.321 e. The molecule has 3 amide bonds. The third-order valence-corrected chi connectivity index (χ3v) is 3.74. The number of nitrogens with one attached hydrogen (secondary N) is 2. The summed E-state index contributed by atoms with van der Waals surface area (Å²) >= 11 is 0. The number of carbonyl (C=O) groups is 2. The summed E-state index contributed by atoms with van der Waals surface area (Å²) in [6.45, 7) is 8.83. The SMILES string of the molecule is CNC(=O)NC(=O)C[NH2+][C@H](c1ccc(C(C)C)cc1)C(C)C. The molecule has 0 saturated heterocycles. The second-order valence-corrected chi connectivity index (χ2v) is 6.16. The van der Waals surface area contributed by atoms with Crippen LogP contribution in [0, 0.1) is 5.92 Å². The molecule has 22 heavy (non-hydrogen) atoms. The molecule has 0 radical (unpaired) electrons. The number of imide groups is 1. The Kier molecular flexibility index (Phi) is 7.05. The summed E-state index contributed by atoms with van der Waals surface area (Å²) in [6, 6.07) is 8.28. The number of hydrogen-bond acceptors (Lipinski definition) is 2. The van der Waals surface area contributed by atoms with Crippen molar-refractivity contribution >= 4 is 11.9 Å². The van der Waals surface area contributed by atoms with Gasteiger partial charge in [0.1, 0.15) is 6.04 Å². The van der Waals surface area contributed by atoms with E-state index in [2.05, 4.69) is 62.6 Å². The van der Waals surface area contributed by atoms with Crippen LogP contribution in [0.4, 0.5) is 4.79 Å². The van der Waals surface area contributed by atoms with Crippen molar-refractivity contribution in [1.29, 1.82) is 0 Å². The lowest BCUT2D eigenvalue weighted by atomic mass is 9.93. The molecule has 1 atom stereocenters. The lowest BCUT2D eigenvalue weighted by Gasteiger charge is -2.20. The van der Waals surface area contributed by atoms with Gasteiger partial charge in [0.05, 0.1) is 0 Å². The van der Waals surface area contributed by atoms with Gasteiger partial charge in [0.15, 0.2) is 6.54 Å². The van der Waals surface area contributed by atoms with E-state index in [4.69, 9.17) is 0 Å². The zero-order chi connectivity index (χ0) is 16.7. The molecule has 0 spiro atoms. The van der Waals surface area contributed by atoms with E-state index < -0.39 is 6.03 Å². The van der Waals surface area contributed by atoms with Gasteiger partial charge in [0, 0.05) is 18.5 Å². The third kappa shape index (κ3) is 5.48. The Balaban J connectivity index is 2.69. The fraction of sp³-hybridized carbons (Fsp3) is 0.529. The molecule has 5 nitrogen and oxygen atoms in total. The maximum atomic E-state index is 11.7. The first kappa shape index (κ1) is 18.2. The second-order valence-electron chi connectivity index (χ2n) is 6.16. The molecule has 0 unspecified atom stereocenters. The third-order valence-electron chi connectivity index (χ3n) is 3.74. The molecular formula is C17H28N3O2+. The lowest BCUT2D eigenvalue weighted by molar-refractivity contribution is -0.692. The van der Waals surface area contributed by atoms with Crippen LogP contribution in [0.5, 0.6) is 0 Å². The Morgan fingerprint density at radius 3 is 2.05 bits per heavy atom. The monoisotopic (exact) mass is 306 g/mol. The number of nitrogens with two attached hydrogens (primary N) is 1. The van der Waals surface area contributed by atoms with Gasteiger partial charge < -0.3 is 10.6 Å². The first-order valence-corrected chi connectivity index (χ1v) is 7.79. The molecular weight excluding hydrogens is 278 g/mol. The molecule has 1 rings (SSSR count). The van der Waals surface area contributed by atoms with Gasteiger partial charge in [0.2, 0.25) is 0 Å². The van der Waals surface area contributed by atoms with Crippen LogP contribution < -0.4 is 16.0 Å². The highest BCUT2D eigenvalue weighted by Gasteiger charge is 2.21. The number of urea groups is 1. The molecule has 5 heteroatoms. The number of benzene rings is 1. The minimum absolute atomic E-state index is 0.191. The van der Waals surface area contributed by atoms with Crippen LogP contribution >= 0.6 is 0 Å². The Bertz CT molecular complexity index is 495. The minimum Gasteiger partial charge on any atom is -0.341 e. The Morgan fingerprint density at radius 1 is 1.05 bits per heavy atom. The van der Waals surface area contributed by atoms with Crippen LogP contribution in [0.25, 0.3) is 0 Å². The molecule has 122 valence electrons. The number of amides is 3. The highest BCUT2D eigenvalue weighted by Crippen LogP contribution is 2.21. The Labute approximate surface area is 132 Å². The van der Waals surface area contributed by atoms with Gasteiger partial charge >= 0.3 is 6.03 Å². The zero-order valence-electron chi connectivity index (χ0n) is 14.1. The van der Waals surface area contributed by atoms with Crippen molar-refractivity contribution < 1.29 is 14.9 Å². The van der Waals surface area contributed by atoms with Crippen LogP contribution in [0.2, 0.25) is 0 Å². The van der Waals surface area contributed by atoms with E-state index in [1.54, 1.807) is 0 Å². The van der Waals surface area contributed by atoms with Gasteiger partial charge in [-0.15, -0.1) is 0 Å². The normalized spacial score (nSPS) is 12.3. The van der Waals surface area contributed by atoms with E-state index in [1.165, 1.54) is 18.2 Å². The lowest BCUT2D eigenvalue weighted by Crippen LogP contribution is -2.88. The molecule has 0 heterocycles. The van der Waals surface area contributed by atoms with E-state index in [9.17, 15) is 9.59 Å². The second kappa shape index (κ2) is 8.54. The summed E-state index contributed by atoms with van der Waals surface area (Å²) < 4.78 is 0. The van der Waals surface area contributed by atoms with Crippen LogP contribution in [0.1, 0.15) is 50.8 Å². The summed E-state index contributed by atoms with van der Waals surface area (Å²) in [5.41, 5.74) is 2.51. The van der Waals surface area contributed by atoms with Crippen molar-refractivity contribution in [3.8, 4) is 0 Å². The molecule has 0 fully saturated rings. The summed E-state index contributed by atoms with van der Waals surface area (Å²) in [5, 5.41) is 6.63. The molecule has 1 aromatic carbocycles. The molecule has 0 aromatic heterocycles. The van der Waals surface area contributed by atoms with Crippen LogP contribution in [-0.4, -0.2) is 25.5 Å². The average molecular weight is 306 g/mol. The van der Waals surface area contributed by atoms with Gasteiger partial charge in [-0.2, -0.15) is 0 Å². The first-order chi connectivity index (χ1) is 10.3. The van der Waals surface area contributed by atoms with Crippen molar-refractivity contribution in [1.82, 2.24) is 10.6 Å². The average Bonchev–Trinajstić information content (AvgIpc) is 2.47. The van der Waals surface area contributed by atoms with Gasteiger partial charge in [-0.25, -0.2) is 4.79 Å². The van der Waals surface area contributed by atoms with Crippen molar-refractivity contribution in [2.45, 2.75) is 39.7 Å².